The van der Waals surface area contributed by atoms with Crippen molar-refractivity contribution in [3.05, 3.63) is 36.1 Å². The summed E-state index contributed by atoms with van der Waals surface area (Å²) in [7, 11) is 1.70. The normalized spacial score (nSPS) is 22.3. The van der Waals surface area contributed by atoms with Crippen LogP contribution in [0.3, 0.4) is 0 Å². The molecule has 1 aliphatic rings. The molecule has 0 saturated carbocycles. The third-order valence-electron chi connectivity index (χ3n) is 3.32. The summed E-state index contributed by atoms with van der Waals surface area (Å²) in [5.41, 5.74) is 1.43. The number of hydrogen-bond acceptors (Lipinski definition) is 2. The molecule has 96 valence electrons. The summed E-state index contributed by atoms with van der Waals surface area (Å²) >= 11 is 0. The Morgan fingerprint density at radius 1 is 1.65 bits per heavy atom. The predicted octanol–water partition coefficient (Wildman–Crippen LogP) is 3.43. The van der Waals surface area contributed by atoms with Crippen molar-refractivity contribution in [1.82, 2.24) is 5.32 Å². The molecule has 1 rings (SSSR count). The quantitative estimate of drug-likeness (QED) is 0.562. The van der Waals surface area contributed by atoms with E-state index in [-0.39, 0.29) is 0 Å². The van der Waals surface area contributed by atoms with E-state index in [9.17, 15) is 0 Å². The van der Waals surface area contributed by atoms with Crippen molar-refractivity contribution >= 4 is 0 Å². The zero-order valence-electron chi connectivity index (χ0n) is 11.3. The molecular formula is C15H25NO. The Morgan fingerprint density at radius 2 is 2.41 bits per heavy atom. The van der Waals surface area contributed by atoms with Crippen molar-refractivity contribution < 1.29 is 4.74 Å². The van der Waals surface area contributed by atoms with Gasteiger partial charge < -0.3 is 10.1 Å². The van der Waals surface area contributed by atoms with E-state index in [2.05, 4.69) is 44.0 Å². The highest BCUT2D eigenvalue weighted by Crippen LogP contribution is 2.25. The lowest BCUT2D eigenvalue weighted by Gasteiger charge is -2.29. The fourth-order valence-electron chi connectivity index (χ4n) is 2.29. The average molecular weight is 235 g/mol. The van der Waals surface area contributed by atoms with E-state index < -0.39 is 0 Å². The Hall–Kier alpha value is -1.02. The number of nitrogens with one attached hydrogen (secondary N) is 1. The van der Waals surface area contributed by atoms with Gasteiger partial charge in [0, 0.05) is 18.4 Å². The van der Waals surface area contributed by atoms with Crippen LogP contribution in [0.15, 0.2) is 36.1 Å². The fourth-order valence-corrected chi connectivity index (χ4v) is 2.29. The van der Waals surface area contributed by atoms with Gasteiger partial charge in [-0.25, -0.2) is 0 Å². The van der Waals surface area contributed by atoms with E-state index in [1.165, 1.54) is 5.57 Å². The van der Waals surface area contributed by atoms with Gasteiger partial charge in [0.15, 0.2) is 0 Å². The maximum absolute atomic E-state index is 5.23. The highest BCUT2D eigenvalue weighted by molar-refractivity contribution is 5.15. The molecule has 1 heterocycles. The maximum Gasteiger partial charge on any atom is 0.0890 e. The predicted molar refractivity (Wildman–Crippen MR) is 73.9 cm³/mol. The van der Waals surface area contributed by atoms with Crippen LogP contribution in [0.4, 0.5) is 0 Å². The van der Waals surface area contributed by atoms with Gasteiger partial charge in [-0.1, -0.05) is 37.3 Å². The Kier molecular flexibility index (Phi) is 6.06. The Bertz CT molecular complexity index is 304. The smallest absolute Gasteiger partial charge is 0.0890 e. The average Bonchev–Trinajstić information content (AvgIpc) is 2.36. The van der Waals surface area contributed by atoms with Crippen molar-refractivity contribution in [2.24, 2.45) is 5.92 Å². The minimum absolute atomic E-state index is 0.415. The maximum atomic E-state index is 5.23. The van der Waals surface area contributed by atoms with Gasteiger partial charge in [-0.3, -0.25) is 0 Å². The van der Waals surface area contributed by atoms with Crippen LogP contribution >= 0.6 is 0 Å². The molecule has 0 aromatic heterocycles. The first-order valence-electron chi connectivity index (χ1n) is 6.47. The second-order valence-corrected chi connectivity index (χ2v) is 4.61. The van der Waals surface area contributed by atoms with Crippen LogP contribution in [-0.4, -0.2) is 19.7 Å². The molecule has 0 radical (unpaired) electrons. The van der Waals surface area contributed by atoms with Crippen molar-refractivity contribution in [3.63, 3.8) is 0 Å². The van der Waals surface area contributed by atoms with Crippen LogP contribution in [0.5, 0.6) is 0 Å². The Labute approximate surface area is 105 Å². The first kappa shape index (κ1) is 14.0. The number of ether oxygens (including phenoxy) is 1. The molecule has 2 heteroatoms. The molecule has 0 fully saturated rings. The number of allylic oxidation sites excluding steroid dienone is 2. The summed E-state index contributed by atoms with van der Waals surface area (Å²) in [5, 5.41) is 3.56. The lowest BCUT2D eigenvalue weighted by atomic mass is 9.86. The molecule has 0 aromatic rings. The van der Waals surface area contributed by atoms with E-state index in [4.69, 9.17) is 4.74 Å². The number of rotatable bonds is 6. The second kappa shape index (κ2) is 7.33. The zero-order chi connectivity index (χ0) is 12.7. The Balaban J connectivity index is 2.77. The molecule has 1 aliphatic heterocycles. The van der Waals surface area contributed by atoms with Crippen LogP contribution < -0.4 is 5.32 Å². The largest absolute Gasteiger partial charge is 0.502 e. The molecule has 0 aliphatic carbocycles. The van der Waals surface area contributed by atoms with Gasteiger partial charge in [0.25, 0.3) is 0 Å². The third kappa shape index (κ3) is 4.39. The van der Waals surface area contributed by atoms with Gasteiger partial charge in [-0.2, -0.15) is 0 Å². The number of hydrogen-bond donors (Lipinski definition) is 1. The molecule has 2 atom stereocenters. The van der Waals surface area contributed by atoms with Crippen molar-refractivity contribution in [1.29, 1.82) is 0 Å². The fraction of sp³-hybridized carbons (Fsp3) is 0.600. The van der Waals surface area contributed by atoms with Crippen LogP contribution in [-0.2, 0) is 4.74 Å². The van der Waals surface area contributed by atoms with Crippen molar-refractivity contribution in [2.75, 3.05) is 13.7 Å². The van der Waals surface area contributed by atoms with E-state index in [1.807, 2.05) is 0 Å². The van der Waals surface area contributed by atoms with Gasteiger partial charge in [0.1, 0.15) is 0 Å². The summed E-state index contributed by atoms with van der Waals surface area (Å²) in [6.07, 6.45) is 9.95. The van der Waals surface area contributed by atoms with Crippen LogP contribution in [0.1, 0.15) is 33.1 Å². The third-order valence-corrected chi connectivity index (χ3v) is 3.32. The molecule has 0 bridgehead atoms. The molecule has 2 unspecified atom stereocenters. The summed E-state index contributed by atoms with van der Waals surface area (Å²) in [5.74, 6) is 1.32. The molecular weight excluding hydrogens is 210 g/mol. The van der Waals surface area contributed by atoms with E-state index in [0.717, 1.165) is 31.6 Å². The minimum atomic E-state index is 0.415. The summed E-state index contributed by atoms with van der Waals surface area (Å²) in [6, 6.07) is 0.415. The molecule has 0 amide bonds. The lowest BCUT2D eigenvalue weighted by molar-refractivity contribution is 0.259. The first-order chi connectivity index (χ1) is 8.19. The molecule has 0 spiro atoms. The molecule has 0 aromatic carbocycles. The second-order valence-electron chi connectivity index (χ2n) is 4.61. The van der Waals surface area contributed by atoms with Gasteiger partial charge in [0.05, 0.1) is 12.9 Å². The Morgan fingerprint density at radius 3 is 2.94 bits per heavy atom. The van der Waals surface area contributed by atoms with Crippen LogP contribution in [0.25, 0.3) is 0 Å². The van der Waals surface area contributed by atoms with Gasteiger partial charge >= 0.3 is 0 Å². The summed E-state index contributed by atoms with van der Waals surface area (Å²) in [4.78, 5) is 0. The highest BCUT2D eigenvalue weighted by Gasteiger charge is 2.22. The zero-order valence-corrected chi connectivity index (χ0v) is 11.3. The highest BCUT2D eigenvalue weighted by atomic mass is 16.5. The number of methoxy groups -OCH3 is 1. The molecule has 17 heavy (non-hydrogen) atoms. The SMILES string of the molecule is C=C(CC(/C(C)=C\CC)C1C=CCCN1)OC. The molecule has 2 nitrogen and oxygen atoms in total. The first-order valence-corrected chi connectivity index (χ1v) is 6.47. The lowest BCUT2D eigenvalue weighted by Crippen LogP contribution is -2.38. The van der Waals surface area contributed by atoms with Gasteiger partial charge in [-0.15, -0.1) is 0 Å². The topological polar surface area (TPSA) is 21.3 Å². The van der Waals surface area contributed by atoms with Crippen LogP contribution in [0.2, 0.25) is 0 Å². The summed E-state index contributed by atoms with van der Waals surface area (Å²) < 4.78 is 5.23. The van der Waals surface area contributed by atoms with E-state index in [1.54, 1.807) is 7.11 Å². The van der Waals surface area contributed by atoms with Crippen LogP contribution in [0, 0.1) is 5.92 Å². The van der Waals surface area contributed by atoms with Gasteiger partial charge in [-0.05, 0) is 26.3 Å². The van der Waals surface area contributed by atoms with E-state index >= 15 is 0 Å². The standard InChI is InChI=1S/C15H25NO/c1-5-8-12(2)14(11-13(3)17-4)15-9-6-7-10-16-15/h6,8-9,14-16H,3,5,7,10-11H2,1-2,4H3/b12-8-. The summed E-state index contributed by atoms with van der Waals surface area (Å²) in [6.45, 7) is 9.40. The monoisotopic (exact) mass is 235 g/mol. The van der Waals surface area contributed by atoms with Crippen molar-refractivity contribution in [3.8, 4) is 0 Å². The molecule has 0 saturated heterocycles. The van der Waals surface area contributed by atoms with Gasteiger partial charge in [0.2, 0.25) is 0 Å². The van der Waals surface area contributed by atoms with E-state index in [0.29, 0.717) is 12.0 Å². The minimum Gasteiger partial charge on any atom is -0.502 e. The molecule has 1 N–H and O–H groups in total. The van der Waals surface area contributed by atoms with Crippen molar-refractivity contribution in [2.45, 2.75) is 39.2 Å².